The summed E-state index contributed by atoms with van der Waals surface area (Å²) in [6.07, 6.45) is -1.30. The molecule has 6 atom stereocenters. The van der Waals surface area contributed by atoms with Crippen molar-refractivity contribution in [3.05, 3.63) is 71.3 Å². The molecule has 51 heavy (non-hydrogen) atoms. The van der Waals surface area contributed by atoms with E-state index in [2.05, 4.69) is 26.6 Å². The second-order valence-corrected chi connectivity index (χ2v) is 12.4. The topological polar surface area (TPSA) is 292 Å². The number of carboxylic acid groups (broad SMARTS) is 1. The van der Waals surface area contributed by atoms with E-state index in [1.165, 1.54) is 19.1 Å². The van der Waals surface area contributed by atoms with E-state index < -0.39 is 90.9 Å². The summed E-state index contributed by atoms with van der Waals surface area (Å²) in [4.78, 5) is 87.8. The molecule has 0 aromatic heterocycles. The highest BCUT2D eigenvalue weighted by atomic mass is 16.4. The smallest absolute Gasteiger partial charge is 0.328 e. The lowest BCUT2D eigenvalue weighted by Crippen LogP contribution is -2.58. The lowest BCUT2D eigenvalue weighted by molar-refractivity contribution is -0.145. The standard InChI is InChI=1S/C34H47N7O10/c1-18(2)13-24(33(49)41-28(19(3)43)34(50)51)39-32(48)25(15-20-7-5-4-6-8-20)38-27(44)16-37-31(47)26(17-42)40-30(46)23(35)14-21-9-11-22(12-10-21)29(36)45/h4-12,18-19,23-26,28,42-43H,13-17,35H2,1-3H3,(H2,36,45)(H,37,47)(H,38,44)(H,39,48)(H,40,46)(H,41,49)(H,50,51)/t19-,23+,24+,25+,26+,28+/m1/s1. The highest BCUT2D eigenvalue weighted by Gasteiger charge is 2.32. The Morgan fingerprint density at radius 3 is 1.80 bits per heavy atom. The molecule has 0 saturated carbocycles. The van der Waals surface area contributed by atoms with Crippen LogP contribution < -0.4 is 38.1 Å². The predicted molar refractivity (Wildman–Crippen MR) is 183 cm³/mol. The Balaban J connectivity index is 2.08. The molecule has 0 heterocycles. The van der Waals surface area contributed by atoms with Gasteiger partial charge in [-0.25, -0.2) is 4.79 Å². The summed E-state index contributed by atoms with van der Waals surface area (Å²) in [6.45, 7) is 3.27. The fourth-order valence-electron chi connectivity index (χ4n) is 4.84. The molecule has 278 valence electrons. The number of hydrogen-bond acceptors (Lipinski definition) is 10. The molecule has 2 aromatic rings. The monoisotopic (exact) mass is 713 g/mol. The van der Waals surface area contributed by atoms with Crippen molar-refractivity contribution in [2.75, 3.05) is 13.2 Å². The summed E-state index contributed by atoms with van der Waals surface area (Å²) < 4.78 is 0. The first kappa shape index (κ1) is 41.8. The van der Waals surface area contributed by atoms with Crippen molar-refractivity contribution in [2.45, 2.75) is 76.3 Å². The molecule has 0 saturated heterocycles. The second kappa shape index (κ2) is 20.3. The minimum atomic E-state index is -1.63. The maximum Gasteiger partial charge on any atom is 0.328 e. The number of amides is 6. The summed E-state index contributed by atoms with van der Waals surface area (Å²) in [5, 5.41) is 40.9. The Morgan fingerprint density at radius 2 is 1.27 bits per heavy atom. The average molecular weight is 714 g/mol. The number of aliphatic hydroxyl groups is 2. The zero-order valence-electron chi connectivity index (χ0n) is 28.6. The quantitative estimate of drug-likeness (QED) is 0.0682. The molecule has 6 amide bonds. The highest BCUT2D eigenvalue weighted by molar-refractivity contribution is 5.95. The Kier molecular flexibility index (Phi) is 16.6. The lowest BCUT2D eigenvalue weighted by Gasteiger charge is -2.26. The molecule has 17 nitrogen and oxygen atoms in total. The van der Waals surface area contributed by atoms with E-state index in [-0.39, 0.29) is 30.7 Å². The molecular formula is C34H47N7O10. The van der Waals surface area contributed by atoms with Gasteiger partial charge in [-0.2, -0.15) is 0 Å². The third kappa shape index (κ3) is 14.2. The average Bonchev–Trinajstić information content (AvgIpc) is 3.07. The summed E-state index contributed by atoms with van der Waals surface area (Å²) in [6, 6.07) is 8.00. The van der Waals surface area contributed by atoms with E-state index >= 15 is 0 Å². The van der Waals surface area contributed by atoms with Gasteiger partial charge in [0.05, 0.1) is 25.3 Å². The van der Waals surface area contributed by atoms with Crippen LogP contribution in [0.25, 0.3) is 0 Å². The van der Waals surface area contributed by atoms with Gasteiger partial charge in [-0.3, -0.25) is 28.8 Å². The van der Waals surface area contributed by atoms with Gasteiger partial charge in [0.15, 0.2) is 6.04 Å². The molecule has 2 rings (SSSR count). The van der Waals surface area contributed by atoms with Gasteiger partial charge in [-0.1, -0.05) is 56.3 Å². The van der Waals surface area contributed by atoms with Crippen LogP contribution in [0.4, 0.5) is 0 Å². The van der Waals surface area contributed by atoms with Crippen molar-refractivity contribution in [1.29, 1.82) is 0 Å². The molecule has 0 aliphatic rings. The van der Waals surface area contributed by atoms with Crippen molar-refractivity contribution in [1.82, 2.24) is 26.6 Å². The van der Waals surface area contributed by atoms with Crippen LogP contribution in [-0.2, 0) is 41.6 Å². The van der Waals surface area contributed by atoms with Crippen LogP contribution in [0.2, 0.25) is 0 Å². The molecule has 0 fully saturated rings. The Hall–Kier alpha value is -5.39. The van der Waals surface area contributed by atoms with Crippen molar-refractivity contribution in [3.8, 4) is 0 Å². The number of aliphatic carboxylic acids is 1. The maximum absolute atomic E-state index is 13.5. The number of hydrogen-bond donors (Lipinski definition) is 10. The molecule has 0 unspecified atom stereocenters. The predicted octanol–water partition coefficient (Wildman–Crippen LogP) is -2.54. The number of nitrogens with two attached hydrogens (primary N) is 2. The van der Waals surface area contributed by atoms with Crippen LogP contribution in [0.5, 0.6) is 0 Å². The first-order valence-electron chi connectivity index (χ1n) is 16.2. The number of carbonyl (C=O) groups is 7. The van der Waals surface area contributed by atoms with Gasteiger partial charge in [0, 0.05) is 12.0 Å². The van der Waals surface area contributed by atoms with Gasteiger partial charge in [0.2, 0.25) is 35.4 Å². The van der Waals surface area contributed by atoms with Gasteiger partial charge in [-0.05, 0) is 48.9 Å². The van der Waals surface area contributed by atoms with E-state index in [4.69, 9.17) is 11.5 Å². The van der Waals surface area contributed by atoms with Gasteiger partial charge in [0.1, 0.15) is 18.1 Å². The molecule has 12 N–H and O–H groups in total. The molecule has 0 aliphatic carbocycles. The maximum atomic E-state index is 13.5. The van der Waals surface area contributed by atoms with Crippen molar-refractivity contribution >= 4 is 41.4 Å². The number of primary amides is 1. The lowest BCUT2D eigenvalue weighted by atomic mass is 10.0. The summed E-state index contributed by atoms with van der Waals surface area (Å²) >= 11 is 0. The number of rotatable bonds is 20. The van der Waals surface area contributed by atoms with Crippen LogP contribution >= 0.6 is 0 Å². The normalized spacial score (nSPS) is 14.5. The van der Waals surface area contributed by atoms with E-state index in [0.717, 1.165) is 0 Å². The molecule has 0 spiro atoms. The highest BCUT2D eigenvalue weighted by Crippen LogP contribution is 2.10. The molecule has 17 heteroatoms. The Bertz CT molecular complexity index is 1520. The number of carboxylic acids is 1. The van der Waals surface area contributed by atoms with Crippen molar-refractivity contribution in [3.63, 3.8) is 0 Å². The minimum absolute atomic E-state index is 0.0216. The van der Waals surface area contributed by atoms with Crippen LogP contribution in [0.15, 0.2) is 54.6 Å². The molecule has 2 aromatic carbocycles. The Morgan fingerprint density at radius 1 is 0.706 bits per heavy atom. The van der Waals surface area contributed by atoms with E-state index in [0.29, 0.717) is 11.1 Å². The summed E-state index contributed by atoms with van der Waals surface area (Å²) in [5.74, 6) is -6.34. The minimum Gasteiger partial charge on any atom is -0.480 e. The van der Waals surface area contributed by atoms with Crippen LogP contribution in [0.3, 0.4) is 0 Å². The first-order chi connectivity index (χ1) is 24.0. The third-order valence-corrected chi connectivity index (χ3v) is 7.59. The summed E-state index contributed by atoms with van der Waals surface area (Å²) in [7, 11) is 0. The number of carbonyl (C=O) groups excluding carboxylic acids is 6. The second-order valence-electron chi connectivity index (χ2n) is 12.4. The van der Waals surface area contributed by atoms with Crippen molar-refractivity contribution in [2.24, 2.45) is 17.4 Å². The van der Waals surface area contributed by atoms with Crippen molar-refractivity contribution < 1.29 is 48.9 Å². The molecule has 0 aliphatic heterocycles. The molecule has 0 bridgehead atoms. The third-order valence-electron chi connectivity index (χ3n) is 7.59. The first-order valence-corrected chi connectivity index (χ1v) is 16.2. The number of aliphatic hydroxyl groups excluding tert-OH is 2. The number of benzene rings is 2. The molecular weight excluding hydrogens is 666 g/mol. The van der Waals surface area contributed by atoms with E-state index in [9.17, 15) is 48.9 Å². The zero-order chi connectivity index (χ0) is 38.2. The van der Waals surface area contributed by atoms with Gasteiger partial charge in [-0.15, -0.1) is 0 Å². The number of nitrogens with one attached hydrogen (secondary N) is 5. The van der Waals surface area contributed by atoms with Gasteiger partial charge < -0.3 is 53.4 Å². The van der Waals surface area contributed by atoms with Gasteiger partial charge in [0.25, 0.3) is 0 Å². The molecule has 0 radical (unpaired) electrons. The van der Waals surface area contributed by atoms with Gasteiger partial charge >= 0.3 is 5.97 Å². The zero-order valence-corrected chi connectivity index (χ0v) is 28.6. The Labute approximate surface area is 294 Å². The summed E-state index contributed by atoms with van der Waals surface area (Å²) in [5.41, 5.74) is 12.7. The SMILES string of the molecule is CC(C)C[C@H](NC(=O)[C@H](Cc1ccccc1)NC(=O)CNC(=O)[C@H](CO)NC(=O)[C@@H](N)Cc1ccc(C(N)=O)cc1)C(=O)N[C@H](C(=O)O)[C@@H](C)O. The van der Waals surface area contributed by atoms with Crippen LogP contribution in [-0.4, -0.2) is 106 Å². The fourth-order valence-corrected chi connectivity index (χ4v) is 4.84. The van der Waals surface area contributed by atoms with E-state index in [1.54, 1.807) is 56.3 Å². The van der Waals surface area contributed by atoms with Crippen LogP contribution in [0, 0.1) is 5.92 Å². The fraction of sp³-hybridized carbons (Fsp3) is 0.441. The van der Waals surface area contributed by atoms with Crippen LogP contribution in [0.1, 0.15) is 48.7 Å². The largest absolute Gasteiger partial charge is 0.480 e. The van der Waals surface area contributed by atoms with E-state index in [1.807, 2.05) is 0 Å².